The minimum Gasteiger partial charge on any atom is -0.497 e. The van der Waals surface area contributed by atoms with Crippen LogP contribution in [-0.4, -0.2) is 44.8 Å². The first-order valence-electron chi connectivity index (χ1n) is 7.93. The van der Waals surface area contributed by atoms with Gasteiger partial charge in [0.05, 0.1) is 14.2 Å². The Bertz CT molecular complexity index is 429. The highest BCUT2D eigenvalue weighted by Gasteiger charge is 2.18. The molecule has 0 aromatic heterocycles. The predicted octanol–water partition coefficient (Wildman–Crippen LogP) is 2.67. The van der Waals surface area contributed by atoms with Crippen LogP contribution >= 0.6 is 0 Å². The average Bonchev–Trinajstić information content (AvgIpc) is 2.54. The number of hydrogen-bond donors (Lipinski definition) is 1. The molecule has 1 heterocycles. The molecule has 21 heavy (non-hydrogen) atoms. The lowest BCUT2D eigenvalue weighted by atomic mass is 10.0. The zero-order valence-corrected chi connectivity index (χ0v) is 13.5. The van der Waals surface area contributed by atoms with E-state index in [1.807, 2.05) is 12.1 Å². The Kier molecular flexibility index (Phi) is 6.33. The van der Waals surface area contributed by atoms with Gasteiger partial charge in [-0.05, 0) is 45.0 Å². The van der Waals surface area contributed by atoms with Crippen molar-refractivity contribution >= 4 is 0 Å². The summed E-state index contributed by atoms with van der Waals surface area (Å²) in [5.74, 6) is 1.73. The fourth-order valence-corrected chi connectivity index (χ4v) is 2.93. The summed E-state index contributed by atoms with van der Waals surface area (Å²) in [5, 5.41) is 3.67. The third-order valence-corrected chi connectivity index (χ3v) is 4.20. The lowest BCUT2D eigenvalue weighted by Crippen LogP contribution is -2.42. The summed E-state index contributed by atoms with van der Waals surface area (Å²) in [6, 6.07) is 6.63. The van der Waals surface area contributed by atoms with Crippen LogP contribution in [0.25, 0.3) is 0 Å². The van der Waals surface area contributed by atoms with Crippen molar-refractivity contribution in [2.45, 2.75) is 38.8 Å². The smallest absolute Gasteiger partial charge is 0.127 e. The van der Waals surface area contributed by atoms with E-state index in [1.54, 1.807) is 14.2 Å². The minimum absolute atomic E-state index is 0.616. The SMILES string of the molecule is CCCN1CCC(NCc2ccc(OC)cc2OC)CC1. The van der Waals surface area contributed by atoms with Crippen LogP contribution in [-0.2, 0) is 6.54 Å². The highest BCUT2D eigenvalue weighted by molar-refractivity contribution is 5.40. The van der Waals surface area contributed by atoms with Crippen LogP contribution < -0.4 is 14.8 Å². The number of piperidine rings is 1. The molecule has 0 radical (unpaired) electrons. The van der Waals surface area contributed by atoms with Gasteiger partial charge < -0.3 is 19.7 Å². The van der Waals surface area contributed by atoms with Gasteiger partial charge in [0, 0.05) is 24.2 Å². The molecule has 1 aliphatic rings. The molecule has 0 aliphatic carbocycles. The largest absolute Gasteiger partial charge is 0.497 e. The van der Waals surface area contributed by atoms with E-state index in [9.17, 15) is 0 Å². The maximum absolute atomic E-state index is 5.45. The van der Waals surface area contributed by atoms with Gasteiger partial charge in [-0.3, -0.25) is 0 Å². The standard InChI is InChI=1S/C17H28N2O2/c1-4-9-19-10-7-15(8-11-19)18-13-14-5-6-16(20-2)12-17(14)21-3/h5-6,12,15,18H,4,7-11,13H2,1-3H3. The van der Waals surface area contributed by atoms with Gasteiger partial charge in [0.15, 0.2) is 0 Å². The second-order valence-corrected chi connectivity index (χ2v) is 5.67. The van der Waals surface area contributed by atoms with E-state index in [0.29, 0.717) is 6.04 Å². The van der Waals surface area contributed by atoms with Crippen LogP contribution in [0.4, 0.5) is 0 Å². The summed E-state index contributed by atoms with van der Waals surface area (Å²) in [6.45, 7) is 6.77. The molecule has 1 aromatic rings. The molecule has 4 nitrogen and oxygen atoms in total. The van der Waals surface area contributed by atoms with Gasteiger partial charge in [0.1, 0.15) is 11.5 Å². The predicted molar refractivity (Wildman–Crippen MR) is 86.1 cm³/mol. The molecule has 0 amide bonds. The van der Waals surface area contributed by atoms with Crippen molar-refractivity contribution in [1.29, 1.82) is 0 Å². The summed E-state index contributed by atoms with van der Waals surface area (Å²) in [7, 11) is 3.39. The van der Waals surface area contributed by atoms with Crippen LogP contribution in [0, 0.1) is 0 Å². The number of hydrogen-bond acceptors (Lipinski definition) is 4. The van der Waals surface area contributed by atoms with Crippen molar-refractivity contribution in [2.24, 2.45) is 0 Å². The summed E-state index contributed by atoms with van der Waals surface area (Å²) in [6.07, 6.45) is 3.72. The molecule has 0 atom stereocenters. The van der Waals surface area contributed by atoms with E-state index in [-0.39, 0.29) is 0 Å². The van der Waals surface area contributed by atoms with Crippen LogP contribution in [0.3, 0.4) is 0 Å². The molecule has 4 heteroatoms. The number of benzene rings is 1. The molecule has 0 bridgehead atoms. The first-order valence-corrected chi connectivity index (χ1v) is 7.93. The highest BCUT2D eigenvalue weighted by Crippen LogP contribution is 2.24. The number of rotatable bonds is 7. The van der Waals surface area contributed by atoms with Crippen molar-refractivity contribution in [2.75, 3.05) is 33.9 Å². The summed E-state index contributed by atoms with van der Waals surface area (Å²) in [4.78, 5) is 2.56. The monoisotopic (exact) mass is 292 g/mol. The van der Waals surface area contributed by atoms with E-state index in [2.05, 4.69) is 23.2 Å². The normalized spacial score (nSPS) is 16.9. The zero-order chi connectivity index (χ0) is 15.1. The Labute approximate surface area is 128 Å². The molecule has 0 saturated carbocycles. The number of nitrogens with one attached hydrogen (secondary N) is 1. The van der Waals surface area contributed by atoms with Crippen LogP contribution in [0.15, 0.2) is 18.2 Å². The number of ether oxygens (including phenoxy) is 2. The van der Waals surface area contributed by atoms with E-state index >= 15 is 0 Å². The quantitative estimate of drug-likeness (QED) is 0.838. The van der Waals surface area contributed by atoms with Crippen LogP contribution in [0.5, 0.6) is 11.5 Å². The van der Waals surface area contributed by atoms with Crippen LogP contribution in [0.1, 0.15) is 31.7 Å². The average molecular weight is 292 g/mol. The molecular formula is C17H28N2O2. The lowest BCUT2D eigenvalue weighted by molar-refractivity contribution is 0.197. The molecular weight excluding hydrogens is 264 g/mol. The maximum Gasteiger partial charge on any atom is 0.127 e. The minimum atomic E-state index is 0.616. The van der Waals surface area contributed by atoms with Gasteiger partial charge >= 0.3 is 0 Å². The van der Waals surface area contributed by atoms with Crippen molar-refractivity contribution in [3.8, 4) is 11.5 Å². The van der Waals surface area contributed by atoms with Gasteiger partial charge in [-0.2, -0.15) is 0 Å². The summed E-state index contributed by atoms with van der Waals surface area (Å²) >= 11 is 0. The van der Waals surface area contributed by atoms with E-state index in [4.69, 9.17) is 9.47 Å². The molecule has 118 valence electrons. The molecule has 0 spiro atoms. The van der Waals surface area contributed by atoms with Gasteiger partial charge in [-0.25, -0.2) is 0 Å². The van der Waals surface area contributed by atoms with E-state index in [1.165, 1.54) is 44.5 Å². The molecule has 2 rings (SSSR count). The lowest BCUT2D eigenvalue weighted by Gasteiger charge is -2.32. The van der Waals surface area contributed by atoms with E-state index in [0.717, 1.165) is 18.0 Å². The van der Waals surface area contributed by atoms with Crippen molar-refractivity contribution < 1.29 is 9.47 Å². The van der Waals surface area contributed by atoms with Crippen molar-refractivity contribution in [3.63, 3.8) is 0 Å². The molecule has 1 N–H and O–H groups in total. The second kappa shape index (κ2) is 8.25. The Morgan fingerprint density at radius 3 is 2.57 bits per heavy atom. The Hall–Kier alpha value is -1.26. The molecule has 1 aromatic carbocycles. The number of likely N-dealkylation sites (tertiary alicyclic amines) is 1. The van der Waals surface area contributed by atoms with E-state index < -0.39 is 0 Å². The topological polar surface area (TPSA) is 33.7 Å². The summed E-state index contributed by atoms with van der Waals surface area (Å²) in [5.41, 5.74) is 1.19. The Morgan fingerprint density at radius 1 is 1.19 bits per heavy atom. The number of methoxy groups -OCH3 is 2. The maximum atomic E-state index is 5.45. The third kappa shape index (κ3) is 4.61. The Balaban J connectivity index is 1.83. The third-order valence-electron chi connectivity index (χ3n) is 4.20. The molecule has 1 saturated heterocycles. The fourth-order valence-electron chi connectivity index (χ4n) is 2.93. The van der Waals surface area contributed by atoms with Gasteiger partial charge in [0.25, 0.3) is 0 Å². The first-order chi connectivity index (χ1) is 10.3. The second-order valence-electron chi connectivity index (χ2n) is 5.67. The highest BCUT2D eigenvalue weighted by atomic mass is 16.5. The summed E-state index contributed by atoms with van der Waals surface area (Å²) < 4.78 is 10.7. The number of nitrogens with zero attached hydrogens (tertiary/aromatic N) is 1. The van der Waals surface area contributed by atoms with Crippen LogP contribution in [0.2, 0.25) is 0 Å². The zero-order valence-electron chi connectivity index (χ0n) is 13.5. The van der Waals surface area contributed by atoms with Gasteiger partial charge in [0.2, 0.25) is 0 Å². The molecule has 0 unspecified atom stereocenters. The Morgan fingerprint density at radius 2 is 1.95 bits per heavy atom. The van der Waals surface area contributed by atoms with Crippen molar-refractivity contribution in [1.82, 2.24) is 10.2 Å². The molecule has 1 aliphatic heterocycles. The fraction of sp³-hybridized carbons (Fsp3) is 0.647. The van der Waals surface area contributed by atoms with Gasteiger partial charge in [-0.1, -0.05) is 13.0 Å². The molecule has 1 fully saturated rings. The van der Waals surface area contributed by atoms with Crippen molar-refractivity contribution in [3.05, 3.63) is 23.8 Å². The first kappa shape index (κ1) is 16.1. The van der Waals surface area contributed by atoms with Gasteiger partial charge in [-0.15, -0.1) is 0 Å².